The Morgan fingerprint density at radius 2 is 2.45 bits per heavy atom. The second kappa shape index (κ2) is 4.12. The van der Waals surface area contributed by atoms with Crippen LogP contribution >= 0.6 is 17.0 Å². The molecule has 0 fully saturated rings. The van der Waals surface area contributed by atoms with Crippen molar-refractivity contribution < 1.29 is 4.42 Å². The van der Waals surface area contributed by atoms with Crippen LogP contribution in [0.15, 0.2) is 17.1 Å². The Morgan fingerprint density at radius 3 is 2.82 bits per heavy atom. The summed E-state index contributed by atoms with van der Waals surface area (Å²) in [7, 11) is 0. The number of nitrogens with zero attached hydrogens (tertiary/aromatic N) is 2. The zero-order valence-electron chi connectivity index (χ0n) is 6.20. The fourth-order valence-corrected chi connectivity index (χ4v) is 0.674. The van der Waals surface area contributed by atoms with Gasteiger partial charge >= 0.3 is 5.68 Å². The number of aromatic nitrogens is 2. The van der Waals surface area contributed by atoms with E-state index in [1.54, 1.807) is 13.0 Å². The standard InChI is InChI=1S/C6H9N3O.BrH/c1-3-4-9-6(7)10-5(2)8-9;/h3,7H,1,4H2,2H3;1H. The van der Waals surface area contributed by atoms with E-state index in [0.29, 0.717) is 12.4 Å². The van der Waals surface area contributed by atoms with Crippen LogP contribution in [0.4, 0.5) is 0 Å². The number of aryl methyl sites for hydroxylation is 1. The molecule has 11 heavy (non-hydrogen) atoms. The van der Waals surface area contributed by atoms with Gasteiger partial charge in [0.15, 0.2) is 0 Å². The quantitative estimate of drug-likeness (QED) is 0.756. The molecule has 0 atom stereocenters. The zero-order valence-corrected chi connectivity index (χ0v) is 7.92. The first-order valence-electron chi connectivity index (χ1n) is 2.94. The van der Waals surface area contributed by atoms with Crippen LogP contribution in [0.1, 0.15) is 5.89 Å². The lowest BCUT2D eigenvalue weighted by atomic mass is 10.6. The fraction of sp³-hybridized carbons (Fsp3) is 0.333. The Balaban J connectivity index is 0.000001000. The zero-order chi connectivity index (χ0) is 7.56. The van der Waals surface area contributed by atoms with Crippen LogP contribution in [0.25, 0.3) is 0 Å². The van der Waals surface area contributed by atoms with Gasteiger partial charge in [-0.1, -0.05) is 6.08 Å². The summed E-state index contributed by atoms with van der Waals surface area (Å²) in [5.41, 5.74) is 0.0670. The maximum atomic E-state index is 7.18. The smallest absolute Gasteiger partial charge is 0.312 e. The predicted molar refractivity (Wildman–Crippen MR) is 45.6 cm³/mol. The van der Waals surface area contributed by atoms with E-state index in [0.717, 1.165) is 0 Å². The van der Waals surface area contributed by atoms with Crippen LogP contribution < -0.4 is 5.68 Å². The molecule has 0 saturated carbocycles. The highest BCUT2D eigenvalue weighted by atomic mass is 79.9. The highest BCUT2D eigenvalue weighted by molar-refractivity contribution is 8.93. The largest absolute Gasteiger partial charge is 0.409 e. The van der Waals surface area contributed by atoms with Crippen LogP contribution in [0.3, 0.4) is 0 Å². The molecule has 0 spiro atoms. The maximum absolute atomic E-state index is 7.18. The van der Waals surface area contributed by atoms with Gasteiger partial charge in [-0.3, -0.25) is 0 Å². The molecule has 1 aromatic rings. The van der Waals surface area contributed by atoms with E-state index in [9.17, 15) is 0 Å². The molecule has 4 nitrogen and oxygen atoms in total. The Bertz CT molecular complexity index is 288. The van der Waals surface area contributed by atoms with E-state index >= 15 is 0 Å². The molecule has 0 amide bonds. The molecule has 0 aliphatic carbocycles. The summed E-state index contributed by atoms with van der Waals surface area (Å²) in [6, 6.07) is 0. The van der Waals surface area contributed by atoms with E-state index in [4.69, 9.17) is 9.83 Å². The van der Waals surface area contributed by atoms with Gasteiger partial charge in [0.05, 0.1) is 6.54 Å². The van der Waals surface area contributed by atoms with Crippen molar-refractivity contribution in [2.75, 3.05) is 0 Å². The molecule has 1 rings (SSSR count). The first-order chi connectivity index (χ1) is 4.74. The second-order valence-corrected chi connectivity index (χ2v) is 1.90. The first-order valence-corrected chi connectivity index (χ1v) is 2.94. The van der Waals surface area contributed by atoms with Gasteiger partial charge in [-0.05, 0) is 0 Å². The lowest BCUT2D eigenvalue weighted by molar-refractivity contribution is 0.441. The molecule has 0 aromatic carbocycles. The molecule has 0 bridgehead atoms. The molecule has 1 heterocycles. The molecule has 5 heteroatoms. The van der Waals surface area contributed by atoms with E-state index in [1.807, 2.05) is 0 Å². The van der Waals surface area contributed by atoms with Gasteiger partial charge in [0.1, 0.15) is 0 Å². The number of nitrogens with one attached hydrogen (secondary N) is 1. The molecule has 0 unspecified atom stereocenters. The van der Waals surface area contributed by atoms with Crippen LogP contribution in [0.2, 0.25) is 0 Å². The van der Waals surface area contributed by atoms with Gasteiger partial charge in [0.25, 0.3) is 0 Å². The van der Waals surface area contributed by atoms with Crippen molar-refractivity contribution in [3.8, 4) is 0 Å². The summed E-state index contributed by atoms with van der Waals surface area (Å²) in [6.45, 7) is 5.75. The highest BCUT2D eigenvalue weighted by Crippen LogP contribution is 1.84. The lowest BCUT2D eigenvalue weighted by Gasteiger charge is -1.87. The molecular weight excluding hydrogens is 210 g/mol. The van der Waals surface area contributed by atoms with Crippen molar-refractivity contribution in [3.63, 3.8) is 0 Å². The van der Waals surface area contributed by atoms with Crippen LogP contribution in [-0.2, 0) is 6.54 Å². The summed E-state index contributed by atoms with van der Waals surface area (Å²) in [6.07, 6.45) is 1.67. The minimum atomic E-state index is 0. The first kappa shape index (κ1) is 10.2. The summed E-state index contributed by atoms with van der Waals surface area (Å²) in [5.74, 6) is 0.506. The summed E-state index contributed by atoms with van der Waals surface area (Å²) >= 11 is 0. The molecule has 0 radical (unpaired) electrons. The average Bonchev–Trinajstić information content (AvgIpc) is 2.13. The van der Waals surface area contributed by atoms with Crippen molar-refractivity contribution >= 4 is 17.0 Å². The van der Waals surface area contributed by atoms with E-state index < -0.39 is 0 Å². The van der Waals surface area contributed by atoms with Crippen LogP contribution in [-0.4, -0.2) is 9.78 Å². The minimum absolute atomic E-state index is 0. The minimum Gasteiger partial charge on any atom is -0.409 e. The summed E-state index contributed by atoms with van der Waals surface area (Å²) < 4.78 is 6.27. The Kier molecular flexibility index (Phi) is 3.81. The molecular formula is C6H10BrN3O. The average molecular weight is 220 g/mol. The maximum Gasteiger partial charge on any atom is 0.312 e. The van der Waals surface area contributed by atoms with Gasteiger partial charge in [0.2, 0.25) is 5.89 Å². The van der Waals surface area contributed by atoms with Crippen molar-refractivity contribution in [1.29, 1.82) is 5.41 Å². The van der Waals surface area contributed by atoms with Crippen LogP contribution in [0, 0.1) is 12.3 Å². The number of allylic oxidation sites excluding steroid dienone is 1. The van der Waals surface area contributed by atoms with Crippen molar-refractivity contribution in [2.24, 2.45) is 0 Å². The topological polar surface area (TPSA) is 54.8 Å². The number of hydrogen-bond donors (Lipinski definition) is 1. The third kappa shape index (κ3) is 2.34. The summed E-state index contributed by atoms with van der Waals surface area (Å²) in [5, 5.41) is 11.1. The number of halogens is 1. The van der Waals surface area contributed by atoms with Gasteiger partial charge in [-0.15, -0.1) is 28.7 Å². The third-order valence-electron chi connectivity index (χ3n) is 1.04. The van der Waals surface area contributed by atoms with Crippen LogP contribution in [0.5, 0.6) is 0 Å². The Morgan fingerprint density at radius 1 is 1.82 bits per heavy atom. The molecule has 1 aromatic heterocycles. The monoisotopic (exact) mass is 219 g/mol. The van der Waals surface area contributed by atoms with Gasteiger partial charge in [-0.2, -0.15) is 0 Å². The van der Waals surface area contributed by atoms with E-state index in [1.165, 1.54) is 4.68 Å². The second-order valence-electron chi connectivity index (χ2n) is 1.90. The van der Waals surface area contributed by atoms with Gasteiger partial charge in [-0.25, -0.2) is 10.1 Å². The third-order valence-corrected chi connectivity index (χ3v) is 1.04. The SMILES string of the molecule is Br.C=CCn1nc(C)oc1=N. The Labute approximate surface area is 74.8 Å². The lowest BCUT2D eigenvalue weighted by Crippen LogP contribution is -2.14. The fourth-order valence-electron chi connectivity index (χ4n) is 0.674. The molecule has 1 N–H and O–H groups in total. The van der Waals surface area contributed by atoms with Gasteiger partial charge in [0, 0.05) is 6.92 Å². The number of rotatable bonds is 2. The number of hydrogen-bond acceptors (Lipinski definition) is 3. The normalized spacial score (nSPS) is 8.82. The van der Waals surface area contributed by atoms with Crippen molar-refractivity contribution in [3.05, 3.63) is 24.2 Å². The molecule has 0 aliphatic rings. The molecule has 62 valence electrons. The van der Waals surface area contributed by atoms with Crippen molar-refractivity contribution in [1.82, 2.24) is 9.78 Å². The van der Waals surface area contributed by atoms with E-state index in [2.05, 4.69) is 11.7 Å². The van der Waals surface area contributed by atoms with Crippen molar-refractivity contribution in [2.45, 2.75) is 13.5 Å². The summed E-state index contributed by atoms with van der Waals surface area (Å²) in [4.78, 5) is 0. The molecule has 0 saturated heterocycles. The highest BCUT2D eigenvalue weighted by Gasteiger charge is 1.96. The van der Waals surface area contributed by atoms with E-state index in [-0.39, 0.29) is 22.7 Å². The predicted octanol–water partition coefficient (Wildman–Crippen LogP) is 1.03. The van der Waals surface area contributed by atoms with Gasteiger partial charge < -0.3 is 4.42 Å². The Hall–Kier alpha value is -0.840. The molecule has 0 aliphatic heterocycles.